The Hall–Kier alpha value is -1.64. The van der Waals surface area contributed by atoms with E-state index in [0.29, 0.717) is 5.39 Å². The molecule has 1 N–H and O–H groups in total. The van der Waals surface area contributed by atoms with Crippen LogP contribution in [0.1, 0.15) is 7.43 Å². The van der Waals surface area contributed by atoms with Crippen molar-refractivity contribution in [1.82, 2.24) is 9.97 Å². The molecule has 0 unspecified atom stereocenters. The Labute approximate surface area is 70.1 Å². The van der Waals surface area contributed by atoms with Crippen LogP contribution in [0.5, 0.6) is 0 Å². The van der Waals surface area contributed by atoms with Crippen LogP contribution in [0.2, 0.25) is 0 Å². The van der Waals surface area contributed by atoms with Crippen molar-refractivity contribution >= 4 is 10.9 Å². The largest absolute Gasteiger partial charge is 0.313 e. The van der Waals surface area contributed by atoms with Gasteiger partial charge < -0.3 is 4.98 Å². The van der Waals surface area contributed by atoms with Crippen LogP contribution in [0.3, 0.4) is 0 Å². The van der Waals surface area contributed by atoms with Crippen molar-refractivity contribution in [3.05, 3.63) is 40.9 Å². The Bertz CT molecular complexity index is 428. The summed E-state index contributed by atoms with van der Waals surface area (Å²) < 4.78 is 0. The fraction of sp³-hybridized carbons (Fsp3) is 0.111. The minimum atomic E-state index is -0.0874. The lowest BCUT2D eigenvalue weighted by molar-refractivity contribution is 1.17. The van der Waals surface area contributed by atoms with Gasteiger partial charge in [-0.1, -0.05) is 19.6 Å². The first-order chi connectivity index (χ1) is 5.38. The number of hydrogen-bond donors (Lipinski definition) is 1. The highest BCUT2D eigenvalue weighted by molar-refractivity contribution is 5.76. The number of nitrogens with one attached hydrogen (secondary N) is 1. The molecule has 62 valence electrons. The van der Waals surface area contributed by atoms with E-state index < -0.39 is 0 Å². The maximum Gasteiger partial charge on any atom is 0.258 e. The van der Waals surface area contributed by atoms with Gasteiger partial charge in [0.1, 0.15) is 0 Å². The van der Waals surface area contributed by atoms with E-state index in [4.69, 9.17) is 0 Å². The Morgan fingerprint density at radius 3 is 2.75 bits per heavy atom. The van der Waals surface area contributed by atoms with E-state index in [1.54, 1.807) is 6.07 Å². The van der Waals surface area contributed by atoms with Gasteiger partial charge in [-0.05, 0) is 12.1 Å². The van der Waals surface area contributed by atoms with E-state index in [0.717, 1.165) is 5.52 Å². The molecule has 0 aliphatic carbocycles. The fourth-order valence-electron chi connectivity index (χ4n) is 1.02. The minimum absolute atomic E-state index is 0. The average molecular weight is 162 g/mol. The lowest BCUT2D eigenvalue weighted by atomic mass is 10.2. The lowest BCUT2D eigenvalue weighted by Crippen LogP contribution is -2.05. The molecule has 0 radical (unpaired) electrons. The van der Waals surface area contributed by atoms with Gasteiger partial charge in [-0.2, -0.15) is 0 Å². The third-order valence-corrected chi connectivity index (χ3v) is 1.55. The average Bonchev–Trinajstić information content (AvgIpc) is 2.06. The highest BCUT2D eigenvalue weighted by Crippen LogP contribution is 2.02. The Morgan fingerprint density at radius 2 is 2.00 bits per heavy atom. The van der Waals surface area contributed by atoms with Gasteiger partial charge in [-0.25, -0.2) is 4.98 Å². The molecule has 2 rings (SSSR count). The summed E-state index contributed by atoms with van der Waals surface area (Å²) in [6.45, 7) is 0. The molecule has 0 atom stereocenters. The third kappa shape index (κ3) is 1.21. The van der Waals surface area contributed by atoms with Crippen LogP contribution in [0.4, 0.5) is 0 Å². The molecule has 0 saturated heterocycles. The number of aromatic nitrogens is 2. The number of rotatable bonds is 0. The summed E-state index contributed by atoms with van der Waals surface area (Å²) >= 11 is 0. The molecule has 0 saturated carbocycles. The smallest absolute Gasteiger partial charge is 0.258 e. The van der Waals surface area contributed by atoms with E-state index in [-0.39, 0.29) is 13.0 Å². The number of aromatic amines is 1. The third-order valence-electron chi connectivity index (χ3n) is 1.55. The normalized spacial score (nSPS) is 9.33. The number of H-pyrrole nitrogens is 1. The molecule has 2 aromatic rings. The lowest BCUT2D eigenvalue weighted by Gasteiger charge is -1.91. The molecular formula is C9H10N2O. The van der Waals surface area contributed by atoms with Crippen LogP contribution in [-0.2, 0) is 0 Å². The Balaban J connectivity index is 0.000000720. The molecule has 0 spiro atoms. The second kappa shape index (κ2) is 3.17. The predicted octanol–water partition coefficient (Wildman–Crippen LogP) is 1.56. The van der Waals surface area contributed by atoms with Crippen LogP contribution in [0, 0.1) is 0 Å². The number of para-hydroxylation sites is 1. The quantitative estimate of drug-likeness (QED) is 0.639. The van der Waals surface area contributed by atoms with Gasteiger partial charge in [0.2, 0.25) is 0 Å². The number of fused-ring (bicyclic) bond motifs is 1. The van der Waals surface area contributed by atoms with Crippen molar-refractivity contribution < 1.29 is 0 Å². The molecule has 1 aromatic carbocycles. The van der Waals surface area contributed by atoms with Crippen LogP contribution in [-0.4, -0.2) is 9.97 Å². The molecule has 12 heavy (non-hydrogen) atoms. The molecule has 0 bridgehead atoms. The van der Waals surface area contributed by atoms with E-state index in [9.17, 15) is 4.79 Å². The zero-order valence-corrected chi connectivity index (χ0v) is 5.74. The van der Waals surface area contributed by atoms with Gasteiger partial charge in [0.15, 0.2) is 0 Å². The summed E-state index contributed by atoms with van der Waals surface area (Å²) in [4.78, 5) is 17.6. The van der Waals surface area contributed by atoms with Crippen LogP contribution in [0.25, 0.3) is 10.9 Å². The first-order valence-corrected chi connectivity index (χ1v) is 3.30. The Morgan fingerprint density at radius 1 is 1.25 bits per heavy atom. The molecular weight excluding hydrogens is 152 g/mol. The monoisotopic (exact) mass is 162 g/mol. The zero-order valence-electron chi connectivity index (χ0n) is 5.74. The molecule has 0 fully saturated rings. The predicted molar refractivity (Wildman–Crippen MR) is 49.1 cm³/mol. The summed E-state index contributed by atoms with van der Waals surface area (Å²) in [7, 11) is 0. The van der Waals surface area contributed by atoms with Crippen molar-refractivity contribution in [3.8, 4) is 0 Å². The first-order valence-electron chi connectivity index (χ1n) is 3.30. The van der Waals surface area contributed by atoms with E-state index in [1.165, 1.54) is 6.33 Å². The summed E-state index contributed by atoms with van der Waals surface area (Å²) in [6.07, 6.45) is 1.41. The second-order valence-electron chi connectivity index (χ2n) is 2.25. The maximum absolute atomic E-state index is 11.1. The molecule has 3 nitrogen and oxygen atoms in total. The highest BCUT2D eigenvalue weighted by Gasteiger charge is 1.94. The van der Waals surface area contributed by atoms with Gasteiger partial charge in [0, 0.05) is 0 Å². The SMILES string of the molecule is C.O=c1[nH]cnc2ccccc12. The summed E-state index contributed by atoms with van der Waals surface area (Å²) in [5, 5.41) is 0.634. The van der Waals surface area contributed by atoms with Crippen LogP contribution < -0.4 is 5.56 Å². The van der Waals surface area contributed by atoms with E-state index >= 15 is 0 Å². The van der Waals surface area contributed by atoms with Crippen molar-refractivity contribution in [2.75, 3.05) is 0 Å². The highest BCUT2D eigenvalue weighted by atomic mass is 16.1. The van der Waals surface area contributed by atoms with E-state index in [2.05, 4.69) is 9.97 Å². The standard InChI is InChI=1S/C8H6N2O.CH4/c11-8-6-3-1-2-4-7(6)9-5-10-8;/h1-5H,(H,9,10,11);1H4. The van der Waals surface area contributed by atoms with Crippen LogP contribution >= 0.6 is 0 Å². The minimum Gasteiger partial charge on any atom is -0.313 e. The molecule has 1 heterocycles. The number of hydrogen-bond acceptors (Lipinski definition) is 2. The fourth-order valence-corrected chi connectivity index (χ4v) is 1.02. The topological polar surface area (TPSA) is 45.8 Å². The van der Waals surface area contributed by atoms with Gasteiger partial charge in [-0.3, -0.25) is 4.79 Å². The maximum atomic E-state index is 11.1. The van der Waals surface area contributed by atoms with Gasteiger partial charge in [-0.15, -0.1) is 0 Å². The molecule has 0 amide bonds. The first kappa shape index (κ1) is 8.46. The number of benzene rings is 1. The van der Waals surface area contributed by atoms with Crippen molar-refractivity contribution in [1.29, 1.82) is 0 Å². The Kier molecular flexibility index (Phi) is 2.24. The second-order valence-corrected chi connectivity index (χ2v) is 2.25. The summed E-state index contributed by atoms with van der Waals surface area (Å²) in [5.41, 5.74) is 0.645. The molecule has 0 aliphatic rings. The van der Waals surface area contributed by atoms with E-state index in [1.807, 2.05) is 18.2 Å². The summed E-state index contributed by atoms with van der Waals surface area (Å²) in [6, 6.07) is 7.24. The van der Waals surface area contributed by atoms with Crippen molar-refractivity contribution in [2.24, 2.45) is 0 Å². The molecule has 0 aliphatic heterocycles. The number of nitrogens with zero attached hydrogens (tertiary/aromatic N) is 1. The summed E-state index contributed by atoms with van der Waals surface area (Å²) in [5.74, 6) is 0. The molecule has 3 heteroatoms. The van der Waals surface area contributed by atoms with Crippen molar-refractivity contribution in [3.63, 3.8) is 0 Å². The van der Waals surface area contributed by atoms with Gasteiger partial charge >= 0.3 is 0 Å². The van der Waals surface area contributed by atoms with Gasteiger partial charge in [0.05, 0.1) is 17.2 Å². The zero-order chi connectivity index (χ0) is 7.68. The molecule has 1 aromatic heterocycles. The van der Waals surface area contributed by atoms with Crippen molar-refractivity contribution in [2.45, 2.75) is 7.43 Å². The van der Waals surface area contributed by atoms with Gasteiger partial charge in [0.25, 0.3) is 5.56 Å². The van der Waals surface area contributed by atoms with Crippen LogP contribution in [0.15, 0.2) is 35.4 Å².